The Bertz CT molecular complexity index is 1060. The van der Waals surface area contributed by atoms with Crippen LogP contribution >= 0.6 is 0 Å². The fraction of sp³-hybridized carbons (Fsp3) is 0.238. The monoisotopic (exact) mass is 361 g/mol. The summed E-state index contributed by atoms with van der Waals surface area (Å²) < 4.78 is 3.48. The largest absolute Gasteiger partial charge is 0.294 e. The first kappa shape index (κ1) is 18.5. The average molecular weight is 361 g/mol. The molecule has 3 aromatic rings. The molecule has 0 saturated heterocycles. The van der Waals surface area contributed by atoms with Crippen LogP contribution in [-0.4, -0.2) is 32.8 Å². The molecule has 0 spiro atoms. The molecule has 2 aromatic heterocycles. The quantitative estimate of drug-likeness (QED) is 0.653. The summed E-state index contributed by atoms with van der Waals surface area (Å²) in [6.07, 6.45) is 6.03. The van der Waals surface area contributed by atoms with Gasteiger partial charge in [-0.25, -0.2) is 9.36 Å². The summed E-state index contributed by atoms with van der Waals surface area (Å²) in [7, 11) is 1.71. The predicted molar refractivity (Wildman–Crippen MR) is 110 cm³/mol. The van der Waals surface area contributed by atoms with Crippen molar-refractivity contribution in [3.8, 4) is 17.1 Å². The van der Waals surface area contributed by atoms with Crippen LogP contribution < -0.4 is 5.43 Å². The Hall–Kier alpha value is -3.28. The number of nitrogens with zero attached hydrogens (tertiary/aromatic N) is 5. The van der Waals surface area contributed by atoms with Crippen molar-refractivity contribution >= 4 is 11.9 Å². The molecule has 0 fully saturated rings. The summed E-state index contributed by atoms with van der Waals surface area (Å²) >= 11 is 0. The van der Waals surface area contributed by atoms with Crippen molar-refractivity contribution in [1.82, 2.24) is 19.6 Å². The Morgan fingerprint density at radius 3 is 2.59 bits per heavy atom. The minimum atomic E-state index is -0.0743. The van der Waals surface area contributed by atoms with Crippen LogP contribution in [0.4, 0.5) is 0 Å². The van der Waals surface area contributed by atoms with Gasteiger partial charge in [0.1, 0.15) is 0 Å². The molecule has 27 heavy (non-hydrogen) atoms. The van der Waals surface area contributed by atoms with Gasteiger partial charge < -0.3 is 0 Å². The van der Waals surface area contributed by atoms with E-state index in [4.69, 9.17) is 0 Å². The van der Waals surface area contributed by atoms with Crippen LogP contribution in [0, 0.1) is 6.92 Å². The third kappa shape index (κ3) is 3.65. The van der Waals surface area contributed by atoms with Gasteiger partial charge in [-0.05, 0) is 38.5 Å². The minimum absolute atomic E-state index is 0.0743. The summed E-state index contributed by atoms with van der Waals surface area (Å²) in [5.74, 6) is 0. The zero-order chi connectivity index (χ0) is 19.4. The summed E-state index contributed by atoms with van der Waals surface area (Å²) in [5.41, 5.74) is 4.19. The second-order valence-corrected chi connectivity index (χ2v) is 6.15. The van der Waals surface area contributed by atoms with E-state index < -0.39 is 0 Å². The summed E-state index contributed by atoms with van der Waals surface area (Å²) in [6.45, 7) is 5.79. The van der Waals surface area contributed by atoms with Gasteiger partial charge in [-0.1, -0.05) is 31.2 Å². The van der Waals surface area contributed by atoms with Crippen molar-refractivity contribution in [1.29, 1.82) is 0 Å². The maximum atomic E-state index is 13.0. The van der Waals surface area contributed by atoms with Gasteiger partial charge in [0, 0.05) is 25.0 Å². The molecule has 0 bridgehead atoms. The van der Waals surface area contributed by atoms with E-state index in [-0.39, 0.29) is 5.43 Å². The molecule has 6 heteroatoms. The fourth-order valence-corrected chi connectivity index (χ4v) is 2.92. The number of para-hydroxylation sites is 1. The summed E-state index contributed by atoms with van der Waals surface area (Å²) in [6, 6.07) is 11.6. The molecule has 0 unspecified atom stereocenters. The van der Waals surface area contributed by atoms with Gasteiger partial charge in [0.25, 0.3) is 0 Å². The first-order valence-electron chi connectivity index (χ1n) is 8.93. The summed E-state index contributed by atoms with van der Waals surface area (Å²) in [5, 5.41) is 9.20. The van der Waals surface area contributed by atoms with E-state index in [0.29, 0.717) is 23.4 Å². The van der Waals surface area contributed by atoms with Gasteiger partial charge in [-0.3, -0.25) is 9.79 Å². The van der Waals surface area contributed by atoms with Crippen molar-refractivity contribution in [2.75, 3.05) is 7.05 Å². The highest BCUT2D eigenvalue weighted by Crippen LogP contribution is 2.21. The van der Waals surface area contributed by atoms with Crippen LogP contribution in [0.15, 0.2) is 58.5 Å². The molecule has 2 heterocycles. The Labute approximate surface area is 158 Å². The van der Waals surface area contributed by atoms with Crippen LogP contribution in [0.2, 0.25) is 0 Å². The van der Waals surface area contributed by atoms with Crippen LogP contribution in [0.25, 0.3) is 22.8 Å². The molecule has 0 radical (unpaired) electrons. The lowest BCUT2D eigenvalue weighted by molar-refractivity contribution is 0.824. The Kier molecular flexibility index (Phi) is 5.45. The van der Waals surface area contributed by atoms with Crippen LogP contribution in [-0.2, 0) is 6.42 Å². The third-order valence-electron chi connectivity index (χ3n) is 4.27. The van der Waals surface area contributed by atoms with Crippen molar-refractivity contribution in [2.45, 2.75) is 27.2 Å². The van der Waals surface area contributed by atoms with Gasteiger partial charge in [-0.15, -0.1) is 0 Å². The van der Waals surface area contributed by atoms with E-state index in [0.717, 1.165) is 17.1 Å². The molecule has 0 aliphatic carbocycles. The minimum Gasteiger partial charge on any atom is -0.294 e. The molecule has 0 amide bonds. The van der Waals surface area contributed by atoms with Gasteiger partial charge in [0.15, 0.2) is 5.69 Å². The average Bonchev–Trinajstić information content (AvgIpc) is 3.08. The van der Waals surface area contributed by atoms with E-state index >= 15 is 0 Å². The van der Waals surface area contributed by atoms with Crippen molar-refractivity contribution in [3.63, 3.8) is 0 Å². The maximum Gasteiger partial charge on any atom is 0.212 e. The highest BCUT2D eigenvalue weighted by molar-refractivity contribution is 6.01. The second kappa shape index (κ2) is 7.95. The SMILES string of the molecule is C/C=C(\C=NC)n1cc(CC)c(=O)c(-c2cc(C)nn2-c2ccccc2)n1. The van der Waals surface area contributed by atoms with E-state index in [1.54, 1.807) is 28.8 Å². The number of benzene rings is 1. The lowest BCUT2D eigenvalue weighted by atomic mass is 10.1. The molecule has 0 N–H and O–H groups in total. The molecule has 3 rings (SSSR count). The Morgan fingerprint density at radius 2 is 1.96 bits per heavy atom. The smallest absolute Gasteiger partial charge is 0.212 e. The highest BCUT2D eigenvalue weighted by atomic mass is 16.1. The predicted octanol–water partition coefficient (Wildman–Crippen LogP) is 3.53. The standard InChI is InChI=1S/C21H23N5O/c1-5-16-14-25(17(6-2)13-22-4)24-20(21(16)27)19-12-15(3)23-26(19)18-10-8-7-9-11-18/h6-14H,5H2,1-4H3/b17-6+,22-13?. The summed E-state index contributed by atoms with van der Waals surface area (Å²) in [4.78, 5) is 17.1. The molecule has 6 nitrogen and oxygen atoms in total. The van der Waals surface area contributed by atoms with Gasteiger partial charge in [-0.2, -0.15) is 10.2 Å². The topological polar surface area (TPSA) is 65.1 Å². The van der Waals surface area contributed by atoms with E-state index in [2.05, 4.69) is 15.2 Å². The van der Waals surface area contributed by atoms with Gasteiger partial charge in [0.05, 0.1) is 22.8 Å². The molecule has 0 aliphatic rings. The van der Waals surface area contributed by atoms with Crippen molar-refractivity contribution in [3.05, 3.63) is 70.2 Å². The maximum absolute atomic E-state index is 13.0. The van der Waals surface area contributed by atoms with E-state index in [1.807, 2.05) is 63.2 Å². The van der Waals surface area contributed by atoms with Gasteiger partial charge >= 0.3 is 0 Å². The molecule has 0 aliphatic heterocycles. The molecule has 0 saturated carbocycles. The number of aliphatic imine (C=N–C) groups is 1. The first-order chi connectivity index (χ1) is 13.1. The molecule has 1 aromatic carbocycles. The van der Waals surface area contributed by atoms with Crippen LogP contribution in [0.5, 0.6) is 0 Å². The molecular weight excluding hydrogens is 338 g/mol. The third-order valence-corrected chi connectivity index (χ3v) is 4.27. The second-order valence-electron chi connectivity index (χ2n) is 6.15. The number of allylic oxidation sites excluding steroid dienone is 2. The Balaban J connectivity index is 2.28. The van der Waals surface area contributed by atoms with Crippen molar-refractivity contribution in [2.24, 2.45) is 4.99 Å². The number of aromatic nitrogens is 4. The fourth-order valence-electron chi connectivity index (χ4n) is 2.92. The lowest BCUT2D eigenvalue weighted by Crippen LogP contribution is -2.20. The van der Waals surface area contributed by atoms with Gasteiger partial charge in [0.2, 0.25) is 5.43 Å². The first-order valence-corrected chi connectivity index (χ1v) is 8.93. The molecular formula is C21H23N5O. The van der Waals surface area contributed by atoms with Crippen LogP contribution in [0.1, 0.15) is 25.1 Å². The van der Waals surface area contributed by atoms with Crippen molar-refractivity contribution < 1.29 is 0 Å². The molecule has 138 valence electrons. The van der Waals surface area contributed by atoms with Crippen LogP contribution in [0.3, 0.4) is 0 Å². The van der Waals surface area contributed by atoms with E-state index in [9.17, 15) is 4.79 Å². The lowest BCUT2D eigenvalue weighted by Gasteiger charge is -2.12. The zero-order valence-corrected chi connectivity index (χ0v) is 16.0. The Morgan fingerprint density at radius 1 is 1.22 bits per heavy atom. The number of hydrogen-bond acceptors (Lipinski definition) is 4. The zero-order valence-electron chi connectivity index (χ0n) is 16.0. The highest BCUT2D eigenvalue weighted by Gasteiger charge is 2.18. The normalized spacial score (nSPS) is 12.1. The number of hydrogen-bond donors (Lipinski definition) is 0. The number of rotatable bonds is 5. The number of aryl methyl sites for hydroxylation is 2. The van der Waals surface area contributed by atoms with E-state index in [1.165, 1.54) is 0 Å². The molecule has 0 atom stereocenters.